The molecule has 558 valence electrons. The molecule has 0 aromatic carbocycles. The van der Waals surface area contributed by atoms with E-state index in [2.05, 4.69) is 141 Å². The van der Waals surface area contributed by atoms with Gasteiger partial charge in [-0.15, -0.1) is 0 Å². The Bertz CT molecular complexity index is 2010. The molecule has 0 aliphatic carbocycles. The number of aliphatic hydroxyl groups excluding tert-OH is 5. The van der Waals surface area contributed by atoms with Crippen molar-refractivity contribution in [3.05, 3.63) is 134 Å². The molecule has 7 unspecified atom stereocenters. The van der Waals surface area contributed by atoms with Crippen LogP contribution in [0.25, 0.3) is 0 Å². The fourth-order valence-corrected chi connectivity index (χ4v) is 12.4. The number of amides is 1. The van der Waals surface area contributed by atoms with Crippen LogP contribution < -0.4 is 5.32 Å². The third-order valence-corrected chi connectivity index (χ3v) is 18.7. The van der Waals surface area contributed by atoms with Crippen LogP contribution in [-0.4, -0.2) is 87.5 Å². The van der Waals surface area contributed by atoms with Crippen LogP contribution in [0.4, 0.5) is 0 Å². The summed E-state index contributed by atoms with van der Waals surface area (Å²) in [6.07, 6.45) is 107. The zero-order valence-corrected chi connectivity index (χ0v) is 62.8. The summed E-state index contributed by atoms with van der Waals surface area (Å²) in [4.78, 5) is 13.2. The Morgan fingerprint density at radius 1 is 0.361 bits per heavy atom. The molecule has 0 bridgehead atoms. The standard InChI is InChI=1S/C88H153NO8/c1-3-5-7-9-11-13-15-17-19-21-23-25-27-29-31-33-35-37-38-39-40-41-42-43-44-46-48-50-52-54-56-58-60-62-64-66-68-70-72-74-76-78-84(92)89-81(80-96-88-87(95)86(94)85(93)83(79-90)97-88)82(91)77-75-73-71-69-67-65-63-61-59-57-55-53-51-49-47-45-36-34-32-30-28-26-24-22-20-18-16-14-12-10-8-6-4-2/h5,7,11,13,17,19,23,25,29,31,35,37,39-40,42-43,59,61,67,69,75,77,81-83,85-88,90-91,93-95H,3-4,6,8-10,12,14-16,18,20-22,24,26-28,30,32-34,36,38,41,44-58,60,62-66,68,70-74,76,78-80H2,1-2H3,(H,89,92)/b7-5-,13-11-,19-17-,25-23-,31-29-,37-35-,40-39-,43-42-,61-59+,69-67+,77-75+. The highest BCUT2D eigenvalue weighted by atomic mass is 16.7. The van der Waals surface area contributed by atoms with Gasteiger partial charge in [0.1, 0.15) is 24.4 Å². The molecule has 1 fully saturated rings. The number of aliphatic hydroxyl groups is 5. The lowest BCUT2D eigenvalue weighted by molar-refractivity contribution is -0.302. The summed E-state index contributed by atoms with van der Waals surface area (Å²) in [7, 11) is 0. The van der Waals surface area contributed by atoms with Crippen LogP contribution in [0.2, 0.25) is 0 Å². The molecule has 0 aromatic heterocycles. The maximum Gasteiger partial charge on any atom is 0.220 e. The van der Waals surface area contributed by atoms with E-state index in [4.69, 9.17) is 9.47 Å². The average molecular weight is 1350 g/mol. The van der Waals surface area contributed by atoms with Gasteiger partial charge < -0.3 is 40.3 Å². The van der Waals surface area contributed by atoms with E-state index in [0.29, 0.717) is 6.42 Å². The average Bonchev–Trinajstić information content (AvgIpc) is 0.854. The minimum absolute atomic E-state index is 0.191. The van der Waals surface area contributed by atoms with Crippen LogP contribution in [0.15, 0.2) is 134 Å². The van der Waals surface area contributed by atoms with Crippen molar-refractivity contribution in [2.45, 2.75) is 403 Å². The third-order valence-electron chi connectivity index (χ3n) is 18.7. The Labute approximate surface area is 598 Å². The molecule has 0 radical (unpaired) electrons. The lowest BCUT2D eigenvalue weighted by Crippen LogP contribution is -2.60. The van der Waals surface area contributed by atoms with E-state index >= 15 is 0 Å². The summed E-state index contributed by atoms with van der Waals surface area (Å²) in [5, 5.41) is 54.9. The predicted molar refractivity (Wildman–Crippen MR) is 419 cm³/mol. The Hall–Kier alpha value is -3.67. The van der Waals surface area contributed by atoms with Gasteiger partial charge in [-0.25, -0.2) is 0 Å². The van der Waals surface area contributed by atoms with Crippen LogP contribution in [-0.2, 0) is 14.3 Å². The molecule has 0 aromatic rings. The molecule has 1 saturated heterocycles. The summed E-state index contributed by atoms with van der Waals surface area (Å²) in [6.45, 7) is 3.68. The van der Waals surface area contributed by atoms with Crippen molar-refractivity contribution in [3.63, 3.8) is 0 Å². The second-order valence-corrected chi connectivity index (χ2v) is 27.8. The van der Waals surface area contributed by atoms with Crippen molar-refractivity contribution in [3.8, 4) is 0 Å². The number of allylic oxidation sites excluding steroid dienone is 21. The maximum absolute atomic E-state index is 13.2. The number of carbonyl (C=O) groups excluding carboxylic acids is 1. The van der Waals surface area contributed by atoms with E-state index in [1.54, 1.807) is 6.08 Å². The van der Waals surface area contributed by atoms with Crippen molar-refractivity contribution in [2.24, 2.45) is 0 Å². The number of hydrogen-bond acceptors (Lipinski definition) is 8. The molecule has 9 nitrogen and oxygen atoms in total. The van der Waals surface area contributed by atoms with Gasteiger partial charge in [0.15, 0.2) is 6.29 Å². The zero-order valence-electron chi connectivity index (χ0n) is 62.8. The molecule has 1 amide bonds. The first-order chi connectivity index (χ1) is 47.8. The van der Waals surface area contributed by atoms with Crippen molar-refractivity contribution in [2.75, 3.05) is 13.2 Å². The first-order valence-electron chi connectivity index (χ1n) is 40.9. The molecular weight excluding hydrogens is 1200 g/mol. The number of carbonyl (C=O) groups is 1. The highest BCUT2D eigenvalue weighted by molar-refractivity contribution is 5.76. The maximum atomic E-state index is 13.2. The second kappa shape index (κ2) is 75.0. The Morgan fingerprint density at radius 3 is 0.990 bits per heavy atom. The Kier molecular flexibility index (Phi) is 70.6. The van der Waals surface area contributed by atoms with Gasteiger partial charge in [0.2, 0.25) is 5.91 Å². The van der Waals surface area contributed by atoms with E-state index in [1.807, 2.05) is 6.08 Å². The topological polar surface area (TPSA) is 149 Å². The number of hydrogen-bond donors (Lipinski definition) is 6. The normalized spacial score (nSPS) is 18.1. The SMILES string of the molecule is CC/C=C\C/C=C\C/C=C\C/C=C\C/C=C\C/C=C\C/C=C\C/C=C\CCCCCCCCCCCCCCCCCCC(=O)NC(COC1OC(CO)C(O)C(O)C1O)C(O)/C=C/CC/C=C/CC/C=C/CCCCCCCCCCCCCCCCCCCCCCCCC. The molecule has 7 atom stereocenters. The van der Waals surface area contributed by atoms with Crippen molar-refractivity contribution < 1.29 is 39.8 Å². The molecule has 1 rings (SSSR count). The zero-order chi connectivity index (χ0) is 69.9. The Balaban J connectivity index is 2.11. The smallest absolute Gasteiger partial charge is 0.220 e. The van der Waals surface area contributed by atoms with E-state index in [1.165, 1.54) is 244 Å². The van der Waals surface area contributed by atoms with Crippen molar-refractivity contribution in [1.82, 2.24) is 5.32 Å². The minimum atomic E-state index is -1.58. The van der Waals surface area contributed by atoms with Gasteiger partial charge in [0, 0.05) is 6.42 Å². The highest BCUT2D eigenvalue weighted by Crippen LogP contribution is 2.23. The second-order valence-electron chi connectivity index (χ2n) is 27.8. The fraction of sp³-hybridized carbons (Fsp3) is 0.739. The van der Waals surface area contributed by atoms with E-state index in [9.17, 15) is 30.3 Å². The highest BCUT2D eigenvalue weighted by Gasteiger charge is 2.44. The number of unbranched alkanes of at least 4 members (excludes halogenated alkanes) is 41. The van der Waals surface area contributed by atoms with Gasteiger partial charge in [-0.1, -0.05) is 379 Å². The van der Waals surface area contributed by atoms with E-state index < -0.39 is 49.5 Å². The molecule has 0 saturated carbocycles. The molecule has 9 heteroatoms. The van der Waals surface area contributed by atoms with Gasteiger partial charge in [-0.3, -0.25) is 4.79 Å². The van der Waals surface area contributed by atoms with E-state index in [-0.39, 0.29) is 12.5 Å². The van der Waals surface area contributed by atoms with Gasteiger partial charge in [-0.05, 0) is 109 Å². The monoisotopic (exact) mass is 1350 g/mol. The largest absolute Gasteiger partial charge is 0.394 e. The first kappa shape index (κ1) is 91.3. The first-order valence-corrected chi connectivity index (χ1v) is 40.9. The van der Waals surface area contributed by atoms with Gasteiger partial charge in [0.25, 0.3) is 0 Å². The molecule has 1 heterocycles. The molecule has 0 spiro atoms. The van der Waals surface area contributed by atoms with Crippen LogP contribution in [0, 0.1) is 0 Å². The van der Waals surface area contributed by atoms with Crippen LogP contribution in [0.3, 0.4) is 0 Å². The van der Waals surface area contributed by atoms with Crippen molar-refractivity contribution >= 4 is 5.91 Å². The van der Waals surface area contributed by atoms with Crippen LogP contribution >= 0.6 is 0 Å². The summed E-state index contributed by atoms with van der Waals surface area (Å²) in [5.41, 5.74) is 0. The number of rotatable bonds is 71. The summed E-state index contributed by atoms with van der Waals surface area (Å²) in [5.74, 6) is -0.191. The number of ether oxygens (including phenoxy) is 2. The number of nitrogens with one attached hydrogen (secondary N) is 1. The lowest BCUT2D eigenvalue weighted by atomic mass is 9.99. The van der Waals surface area contributed by atoms with Gasteiger partial charge >= 0.3 is 0 Å². The summed E-state index contributed by atoms with van der Waals surface area (Å²) in [6, 6.07) is -0.838. The van der Waals surface area contributed by atoms with Crippen molar-refractivity contribution in [1.29, 1.82) is 0 Å². The quantitative estimate of drug-likeness (QED) is 0.0261. The third kappa shape index (κ3) is 63.0. The van der Waals surface area contributed by atoms with E-state index in [0.717, 1.165) is 96.3 Å². The summed E-state index contributed by atoms with van der Waals surface area (Å²) < 4.78 is 11.3. The van der Waals surface area contributed by atoms with Crippen LogP contribution in [0.5, 0.6) is 0 Å². The van der Waals surface area contributed by atoms with Gasteiger partial charge in [-0.2, -0.15) is 0 Å². The molecule has 97 heavy (non-hydrogen) atoms. The molecule has 1 aliphatic rings. The predicted octanol–water partition coefficient (Wildman–Crippen LogP) is 23.9. The van der Waals surface area contributed by atoms with Crippen LogP contribution in [0.1, 0.15) is 361 Å². The molecular formula is C88H153NO8. The van der Waals surface area contributed by atoms with Gasteiger partial charge in [0.05, 0.1) is 25.4 Å². The Morgan fingerprint density at radius 2 is 0.649 bits per heavy atom. The minimum Gasteiger partial charge on any atom is -0.394 e. The molecule has 1 aliphatic heterocycles. The lowest BCUT2D eigenvalue weighted by Gasteiger charge is -2.40. The molecule has 6 N–H and O–H groups in total. The summed E-state index contributed by atoms with van der Waals surface area (Å²) >= 11 is 0. The fourth-order valence-electron chi connectivity index (χ4n) is 12.4.